The average molecular weight is 511 g/mol. The summed E-state index contributed by atoms with van der Waals surface area (Å²) in [7, 11) is 0. The minimum absolute atomic E-state index is 0.0234. The lowest BCUT2D eigenvalue weighted by atomic mass is 9.45. The van der Waals surface area contributed by atoms with Gasteiger partial charge in [-0.05, 0) is 104 Å². The van der Waals surface area contributed by atoms with Gasteiger partial charge in [-0.3, -0.25) is 14.4 Å². The van der Waals surface area contributed by atoms with Crippen molar-refractivity contribution >= 4 is 17.9 Å². The number of carbonyl (C=O) groups is 3. The molecule has 0 heterocycles. The quantitative estimate of drug-likeness (QED) is 0.233. The van der Waals surface area contributed by atoms with E-state index in [9.17, 15) is 14.4 Å². The van der Waals surface area contributed by atoms with Gasteiger partial charge in [0.2, 0.25) is 0 Å². The highest BCUT2D eigenvalue weighted by molar-refractivity contribution is 5.69. The number of unbranched alkanes of at least 4 members (excludes halogenated alkanes) is 2. The maximum absolute atomic E-state index is 12.2. The molecule has 6 heteroatoms. The molecule has 5 rings (SSSR count). The number of hydrogen-bond acceptors (Lipinski definition) is 6. The molecule has 0 radical (unpaired) electrons. The highest BCUT2D eigenvalue weighted by Crippen LogP contribution is 2.79. The third-order valence-electron chi connectivity index (χ3n) is 10.7. The molecule has 0 unspecified atom stereocenters. The van der Waals surface area contributed by atoms with Crippen LogP contribution in [0.4, 0.5) is 0 Å². The Morgan fingerprint density at radius 2 is 1.68 bits per heavy atom. The van der Waals surface area contributed by atoms with Gasteiger partial charge in [0.25, 0.3) is 0 Å². The monoisotopic (exact) mass is 510 g/mol. The van der Waals surface area contributed by atoms with E-state index in [4.69, 9.17) is 14.2 Å². The molecule has 202 valence electrons. The molecule has 4 atom stereocenters. The Balaban J connectivity index is 1.44. The Hall–Kier alpha value is -2.37. The molecule has 0 aromatic heterocycles. The molecule has 37 heavy (non-hydrogen) atoms. The van der Waals surface area contributed by atoms with E-state index in [0.29, 0.717) is 30.1 Å². The van der Waals surface area contributed by atoms with Crippen molar-refractivity contribution in [2.24, 2.45) is 22.7 Å². The zero-order valence-electron chi connectivity index (χ0n) is 22.9. The summed E-state index contributed by atoms with van der Waals surface area (Å²) >= 11 is 0. The van der Waals surface area contributed by atoms with Gasteiger partial charge in [0.1, 0.15) is 11.4 Å². The first kappa shape index (κ1) is 26.2. The standard InChI is InChI=1S/C31H42O6/c1-20(32)35-17-7-5-6-8-23-18-24-19-25(36-21(2)33)9-10-26(24)27-11-12-29(4)30(28(23)27)13-15-31(29,16-14-30)37-22(3)34/h9-10,19,23,27-28H,5-8,11-18H2,1-4H3/t23-,27-,28-,29+,30-,31-/m1/s1. The van der Waals surface area contributed by atoms with Gasteiger partial charge >= 0.3 is 17.9 Å². The average Bonchev–Trinajstić information content (AvgIpc) is 3.22. The van der Waals surface area contributed by atoms with Crippen LogP contribution in [0.2, 0.25) is 0 Å². The van der Waals surface area contributed by atoms with Crippen LogP contribution in [0.15, 0.2) is 18.2 Å². The smallest absolute Gasteiger partial charge is 0.308 e. The Labute approximate surface area is 220 Å². The molecule has 0 saturated heterocycles. The summed E-state index contributed by atoms with van der Waals surface area (Å²) in [6.07, 6.45) is 11.6. The van der Waals surface area contributed by atoms with Crippen molar-refractivity contribution in [2.45, 2.75) is 110 Å². The van der Waals surface area contributed by atoms with Crippen molar-refractivity contribution in [2.75, 3.05) is 6.61 Å². The van der Waals surface area contributed by atoms with Crippen molar-refractivity contribution in [3.63, 3.8) is 0 Å². The third-order valence-corrected chi connectivity index (χ3v) is 10.7. The van der Waals surface area contributed by atoms with Gasteiger partial charge in [0.05, 0.1) is 6.61 Å². The predicted molar refractivity (Wildman–Crippen MR) is 139 cm³/mol. The second kappa shape index (κ2) is 9.74. The SMILES string of the molecule is CC(=O)OCCCCC[C@@H]1Cc2cc(OC(C)=O)ccc2[C@H]2CC[C@]3(C)[C@]4(OC(C)=O)CC[C@]3(CC4)[C@H]12. The van der Waals surface area contributed by atoms with Crippen LogP contribution in [-0.2, 0) is 30.3 Å². The molecule has 0 amide bonds. The molecule has 0 spiro atoms. The first-order valence-electron chi connectivity index (χ1n) is 14.2. The summed E-state index contributed by atoms with van der Waals surface area (Å²) in [5.41, 5.74) is 2.67. The van der Waals surface area contributed by atoms with E-state index in [1.807, 2.05) is 6.07 Å². The highest BCUT2D eigenvalue weighted by Gasteiger charge is 2.76. The van der Waals surface area contributed by atoms with Crippen LogP contribution in [0.5, 0.6) is 5.75 Å². The summed E-state index contributed by atoms with van der Waals surface area (Å²) in [5, 5.41) is 0. The Morgan fingerprint density at radius 3 is 2.35 bits per heavy atom. The number of fused-ring (bicyclic) bond motifs is 3. The normalized spacial score (nSPS) is 35.2. The van der Waals surface area contributed by atoms with E-state index >= 15 is 0 Å². The van der Waals surface area contributed by atoms with Crippen molar-refractivity contribution < 1.29 is 28.6 Å². The summed E-state index contributed by atoms with van der Waals surface area (Å²) in [4.78, 5) is 34.9. The molecule has 2 bridgehead atoms. The van der Waals surface area contributed by atoms with E-state index < -0.39 is 0 Å². The van der Waals surface area contributed by atoms with Crippen molar-refractivity contribution in [3.8, 4) is 5.75 Å². The van der Waals surface area contributed by atoms with E-state index in [2.05, 4.69) is 19.1 Å². The molecule has 3 fully saturated rings. The first-order valence-corrected chi connectivity index (χ1v) is 14.2. The topological polar surface area (TPSA) is 78.9 Å². The number of hydrogen-bond donors (Lipinski definition) is 0. The molecule has 1 aromatic carbocycles. The van der Waals surface area contributed by atoms with E-state index in [0.717, 1.165) is 70.6 Å². The van der Waals surface area contributed by atoms with Gasteiger partial charge < -0.3 is 14.2 Å². The van der Waals surface area contributed by atoms with Crippen molar-refractivity contribution in [3.05, 3.63) is 29.3 Å². The van der Waals surface area contributed by atoms with E-state index in [-0.39, 0.29) is 34.3 Å². The molecule has 4 aliphatic rings. The Bertz CT molecular complexity index is 1070. The van der Waals surface area contributed by atoms with Crippen molar-refractivity contribution in [1.29, 1.82) is 0 Å². The second-order valence-electron chi connectivity index (χ2n) is 12.4. The van der Waals surface area contributed by atoms with Crippen molar-refractivity contribution in [1.82, 2.24) is 0 Å². The fraction of sp³-hybridized carbons (Fsp3) is 0.710. The number of rotatable bonds is 8. The summed E-state index contributed by atoms with van der Waals surface area (Å²) in [5.74, 6) is 1.58. The van der Waals surface area contributed by atoms with E-state index in [1.54, 1.807) is 6.92 Å². The first-order chi connectivity index (χ1) is 17.6. The predicted octanol–water partition coefficient (Wildman–Crippen LogP) is 6.28. The molecule has 3 saturated carbocycles. The minimum atomic E-state index is -0.308. The van der Waals surface area contributed by atoms with Gasteiger partial charge in [-0.15, -0.1) is 0 Å². The molecule has 4 aliphatic carbocycles. The highest BCUT2D eigenvalue weighted by atomic mass is 16.6. The van der Waals surface area contributed by atoms with Crippen LogP contribution < -0.4 is 4.74 Å². The van der Waals surface area contributed by atoms with Crippen LogP contribution in [0.25, 0.3) is 0 Å². The lowest BCUT2D eigenvalue weighted by Gasteiger charge is -2.59. The number of benzene rings is 1. The molecule has 1 aromatic rings. The van der Waals surface area contributed by atoms with Crippen LogP contribution in [0.1, 0.15) is 109 Å². The van der Waals surface area contributed by atoms with Gasteiger partial charge in [-0.25, -0.2) is 0 Å². The summed E-state index contributed by atoms with van der Waals surface area (Å²) < 4.78 is 16.8. The number of carbonyl (C=O) groups excluding carboxylic acids is 3. The second-order valence-corrected chi connectivity index (χ2v) is 12.4. The summed E-state index contributed by atoms with van der Waals surface area (Å²) in [6, 6.07) is 6.27. The molecule has 0 N–H and O–H groups in total. The largest absolute Gasteiger partial charge is 0.466 e. The Kier molecular flexibility index (Phi) is 6.91. The fourth-order valence-electron chi connectivity index (χ4n) is 9.40. The fourth-order valence-corrected chi connectivity index (χ4v) is 9.40. The van der Waals surface area contributed by atoms with Gasteiger partial charge in [0, 0.05) is 26.2 Å². The Morgan fingerprint density at radius 1 is 0.919 bits per heavy atom. The minimum Gasteiger partial charge on any atom is -0.466 e. The van der Waals surface area contributed by atoms with Crippen LogP contribution in [-0.4, -0.2) is 30.1 Å². The van der Waals surface area contributed by atoms with Crippen LogP contribution in [0, 0.1) is 22.7 Å². The third kappa shape index (κ3) is 4.28. The lowest BCUT2D eigenvalue weighted by molar-refractivity contribution is -0.175. The zero-order valence-corrected chi connectivity index (χ0v) is 22.9. The molecule has 6 nitrogen and oxygen atoms in total. The van der Waals surface area contributed by atoms with Gasteiger partial charge in [0.15, 0.2) is 0 Å². The number of ether oxygens (including phenoxy) is 3. The van der Waals surface area contributed by atoms with E-state index in [1.165, 1.54) is 25.0 Å². The maximum Gasteiger partial charge on any atom is 0.308 e. The van der Waals surface area contributed by atoms with Gasteiger partial charge in [-0.2, -0.15) is 0 Å². The number of esters is 3. The maximum atomic E-state index is 12.2. The van der Waals surface area contributed by atoms with Crippen LogP contribution >= 0.6 is 0 Å². The molecular weight excluding hydrogens is 468 g/mol. The summed E-state index contributed by atoms with van der Waals surface area (Å²) in [6.45, 7) is 7.40. The van der Waals surface area contributed by atoms with Crippen LogP contribution in [0.3, 0.4) is 0 Å². The zero-order chi connectivity index (χ0) is 26.4. The molecule has 0 aliphatic heterocycles. The molecular formula is C31H42O6. The lowest BCUT2D eigenvalue weighted by Crippen LogP contribution is -2.55. The van der Waals surface area contributed by atoms with Gasteiger partial charge in [-0.1, -0.05) is 25.8 Å².